The van der Waals surface area contributed by atoms with Gasteiger partial charge in [0.2, 0.25) is 5.95 Å². The van der Waals surface area contributed by atoms with Gasteiger partial charge in [-0.05, 0) is 140 Å². The zero-order chi connectivity index (χ0) is 54.3. The van der Waals surface area contributed by atoms with Crippen LogP contribution in [0, 0.1) is 0 Å². The summed E-state index contributed by atoms with van der Waals surface area (Å²) in [5.74, 6) is 1.64. The molecule has 0 aliphatic heterocycles. The zero-order valence-electron chi connectivity index (χ0n) is 44.5. The summed E-state index contributed by atoms with van der Waals surface area (Å²) in [7, 11) is 0. The molecule has 7 aromatic heterocycles. The summed E-state index contributed by atoms with van der Waals surface area (Å²) in [5.41, 5.74) is 18.1. The van der Waals surface area contributed by atoms with E-state index in [0.29, 0.717) is 17.6 Å². The van der Waals surface area contributed by atoms with Crippen molar-refractivity contribution in [2.24, 2.45) is 0 Å². The smallest absolute Gasteiger partial charge is 0.238 e. The van der Waals surface area contributed by atoms with Gasteiger partial charge in [0, 0.05) is 88.5 Å². The maximum absolute atomic E-state index is 5.32. The molecule has 9 nitrogen and oxygen atoms in total. The van der Waals surface area contributed by atoms with E-state index in [1.807, 2.05) is 12.3 Å². The third-order valence-electron chi connectivity index (χ3n) is 17.0. The second-order valence-corrected chi connectivity index (χ2v) is 21.4. The molecule has 18 aromatic rings. The Hall–Kier alpha value is -11.4. The average Bonchev–Trinajstić information content (AvgIpc) is 3.92. The van der Waals surface area contributed by atoms with Gasteiger partial charge < -0.3 is 18.3 Å². The van der Waals surface area contributed by atoms with Crippen molar-refractivity contribution >= 4 is 109 Å². The summed E-state index contributed by atoms with van der Waals surface area (Å²) in [6.07, 6.45) is 1.84. The molecular weight excluding hydrogens is 1010 g/mol. The highest BCUT2D eigenvalue weighted by molar-refractivity contribution is 6.14. The molecule has 0 bridgehead atoms. The first-order valence-electron chi connectivity index (χ1n) is 28.0. The molecule has 0 atom stereocenters. The van der Waals surface area contributed by atoms with Crippen LogP contribution < -0.4 is 0 Å². The Bertz CT molecular complexity index is 5240. The maximum atomic E-state index is 5.32. The molecule has 0 N–H and O–H groups in total. The van der Waals surface area contributed by atoms with Crippen LogP contribution in [0.15, 0.2) is 273 Å². The number of pyridine rings is 1. The number of rotatable bonds is 7. The lowest BCUT2D eigenvalue weighted by molar-refractivity contribution is 0.952. The molecule has 0 amide bonds. The largest absolute Gasteiger partial charge is 0.309 e. The standard InChI is InChI=1S/C74H45N9/c1-8-23-61-52(16-1)53-17-2-9-24-62(53)81(61)50-39-41-68-59(44-50)56-20-5-12-27-65(56)79(68)48-35-31-46(32-36-48)72-76-73(78-74(77-72)83-67-29-14-7-22-58(67)71-70(83)30-15-43-75-71)47-33-37-49(38-34-47)80-66-28-13-6-21-57(66)60-45-51(40-42-69(60)80)82-63-25-10-3-18-54(63)55-19-4-11-26-64(55)82/h1-45H. The van der Waals surface area contributed by atoms with Gasteiger partial charge in [-0.25, -0.2) is 4.98 Å². The molecule has 0 radical (unpaired) electrons. The monoisotopic (exact) mass is 1060 g/mol. The lowest BCUT2D eigenvalue weighted by Crippen LogP contribution is -2.06. The van der Waals surface area contributed by atoms with Gasteiger partial charge in [0.1, 0.15) is 0 Å². The fourth-order valence-electron chi connectivity index (χ4n) is 13.4. The van der Waals surface area contributed by atoms with Crippen LogP contribution in [-0.4, -0.2) is 42.8 Å². The van der Waals surface area contributed by atoms with Gasteiger partial charge >= 0.3 is 0 Å². The first-order chi connectivity index (χ1) is 41.2. The lowest BCUT2D eigenvalue weighted by atomic mass is 10.1. The Balaban J connectivity index is 0.761. The molecule has 83 heavy (non-hydrogen) atoms. The predicted octanol–water partition coefficient (Wildman–Crippen LogP) is 18.1. The highest BCUT2D eigenvalue weighted by Gasteiger charge is 2.22. The van der Waals surface area contributed by atoms with Crippen LogP contribution in [0.2, 0.25) is 0 Å². The Morgan fingerprint density at radius 2 is 0.518 bits per heavy atom. The molecule has 9 heteroatoms. The molecule has 0 saturated carbocycles. The number of fused-ring (bicyclic) bond motifs is 15. The van der Waals surface area contributed by atoms with Crippen molar-refractivity contribution in [1.82, 2.24) is 42.8 Å². The highest BCUT2D eigenvalue weighted by Crippen LogP contribution is 2.40. The van der Waals surface area contributed by atoms with Crippen LogP contribution in [0.5, 0.6) is 0 Å². The molecule has 11 aromatic carbocycles. The van der Waals surface area contributed by atoms with E-state index in [2.05, 4.69) is 284 Å². The van der Waals surface area contributed by atoms with Gasteiger partial charge in [-0.3, -0.25) is 9.55 Å². The second kappa shape index (κ2) is 17.5. The van der Waals surface area contributed by atoms with Crippen molar-refractivity contribution in [3.63, 3.8) is 0 Å². The van der Waals surface area contributed by atoms with Gasteiger partial charge in [0.15, 0.2) is 11.6 Å². The number of hydrogen-bond donors (Lipinski definition) is 0. The van der Waals surface area contributed by atoms with Crippen molar-refractivity contribution in [2.45, 2.75) is 0 Å². The number of aromatic nitrogens is 9. The van der Waals surface area contributed by atoms with Gasteiger partial charge in [0.25, 0.3) is 0 Å². The minimum atomic E-state index is 0.514. The lowest BCUT2D eigenvalue weighted by Gasteiger charge is -2.13. The topological polar surface area (TPSA) is 76.2 Å². The number of hydrogen-bond acceptors (Lipinski definition) is 4. The van der Waals surface area contributed by atoms with E-state index in [0.717, 1.165) is 77.9 Å². The molecule has 18 rings (SSSR count). The van der Waals surface area contributed by atoms with Crippen LogP contribution in [0.3, 0.4) is 0 Å². The fraction of sp³-hybridized carbons (Fsp3) is 0. The average molecular weight is 1060 g/mol. The van der Waals surface area contributed by atoms with Crippen molar-refractivity contribution in [2.75, 3.05) is 0 Å². The SMILES string of the molecule is c1ccc2c(c1)c1ccccc1n2-c1ccc2c(c1)c1ccccc1n2-c1ccc(-c2nc(-c3ccc(-n4c5ccccc5c5cc(-n6c7ccccc7c7ccccc76)ccc54)cc3)nc(-n3c4ccccc4c4ncccc43)n2)cc1. The molecule has 386 valence electrons. The number of para-hydroxylation sites is 7. The third-order valence-corrected chi connectivity index (χ3v) is 17.0. The fourth-order valence-corrected chi connectivity index (χ4v) is 13.4. The Labute approximate surface area is 474 Å². The van der Waals surface area contributed by atoms with E-state index in [1.54, 1.807) is 0 Å². The van der Waals surface area contributed by atoms with Crippen LogP contribution in [0.4, 0.5) is 0 Å². The summed E-state index contributed by atoms with van der Waals surface area (Å²) >= 11 is 0. The summed E-state index contributed by atoms with van der Waals surface area (Å²) in [5, 5.41) is 10.8. The molecule has 7 heterocycles. The van der Waals surface area contributed by atoms with Gasteiger partial charge in [-0.2, -0.15) is 9.97 Å². The third kappa shape index (κ3) is 6.70. The van der Waals surface area contributed by atoms with Crippen LogP contribution in [-0.2, 0) is 0 Å². The highest BCUT2D eigenvalue weighted by atomic mass is 15.2. The normalized spacial score (nSPS) is 12.1. The first-order valence-corrected chi connectivity index (χ1v) is 28.0. The Kier molecular flexibility index (Phi) is 9.60. The molecule has 0 fully saturated rings. The molecule has 0 spiro atoms. The summed E-state index contributed by atoms with van der Waals surface area (Å²) in [4.78, 5) is 20.8. The van der Waals surface area contributed by atoms with E-state index in [1.165, 1.54) is 65.2 Å². The minimum absolute atomic E-state index is 0.514. The quantitative estimate of drug-likeness (QED) is 0.159. The number of benzene rings is 11. The number of nitrogens with zero attached hydrogens (tertiary/aromatic N) is 9. The van der Waals surface area contributed by atoms with Crippen LogP contribution in [0.25, 0.3) is 161 Å². The molecule has 0 unspecified atom stereocenters. The van der Waals surface area contributed by atoms with E-state index in [9.17, 15) is 0 Å². The van der Waals surface area contributed by atoms with E-state index in [-0.39, 0.29) is 0 Å². The predicted molar refractivity (Wildman–Crippen MR) is 340 cm³/mol. The Morgan fingerprint density at radius 3 is 0.916 bits per heavy atom. The van der Waals surface area contributed by atoms with Gasteiger partial charge in [-0.15, -0.1) is 0 Å². The molecule has 0 saturated heterocycles. The summed E-state index contributed by atoms with van der Waals surface area (Å²) < 4.78 is 11.6. The van der Waals surface area contributed by atoms with Crippen LogP contribution >= 0.6 is 0 Å². The van der Waals surface area contributed by atoms with Gasteiger partial charge in [-0.1, -0.05) is 127 Å². The van der Waals surface area contributed by atoms with Crippen molar-refractivity contribution in [3.8, 4) is 51.5 Å². The van der Waals surface area contributed by atoms with Crippen molar-refractivity contribution in [1.29, 1.82) is 0 Å². The van der Waals surface area contributed by atoms with E-state index < -0.39 is 0 Å². The molecular formula is C74H45N9. The first kappa shape index (κ1) is 45.4. The summed E-state index contributed by atoms with van der Waals surface area (Å²) in [6.45, 7) is 0. The molecule has 0 aliphatic carbocycles. The minimum Gasteiger partial charge on any atom is -0.309 e. The Morgan fingerprint density at radius 1 is 0.217 bits per heavy atom. The van der Waals surface area contributed by atoms with E-state index >= 15 is 0 Å². The van der Waals surface area contributed by atoms with Gasteiger partial charge in [0.05, 0.1) is 60.7 Å². The van der Waals surface area contributed by atoms with Crippen molar-refractivity contribution < 1.29 is 0 Å². The second-order valence-electron chi connectivity index (χ2n) is 21.4. The zero-order valence-corrected chi connectivity index (χ0v) is 44.5. The molecule has 0 aliphatic rings. The maximum Gasteiger partial charge on any atom is 0.238 e. The van der Waals surface area contributed by atoms with E-state index in [4.69, 9.17) is 19.9 Å². The summed E-state index contributed by atoms with van der Waals surface area (Å²) in [6, 6.07) is 95.5. The van der Waals surface area contributed by atoms with Crippen LogP contribution in [0.1, 0.15) is 0 Å². The van der Waals surface area contributed by atoms with Crippen molar-refractivity contribution in [3.05, 3.63) is 273 Å².